The first-order chi connectivity index (χ1) is 8.93. The standard InChI is InChI=1S/C15H11N2O/c1-3-7-13-11(5-1)9-10-14-12-6-2-4-8-15(12)18-16-17(13)14/h1-10,16H/q+1. The van der Waals surface area contributed by atoms with Crippen LogP contribution in [0.15, 0.2) is 60.7 Å². The van der Waals surface area contributed by atoms with E-state index in [0.717, 1.165) is 22.5 Å². The second-order valence-corrected chi connectivity index (χ2v) is 4.30. The van der Waals surface area contributed by atoms with Crippen molar-refractivity contribution in [2.75, 3.05) is 5.59 Å². The Balaban J connectivity index is 2.09. The number of aromatic nitrogens is 1. The molecule has 2 aromatic carbocycles. The van der Waals surface area contributed by atoms with Crippen LogP contribution in [0.4, 0.5) is 0 Å². The quantitative estimate of drug-likeness (QED) is 0.606. The first-order valence-corrected chi connectivity index (χ1v) is 5.89. The molecular weight excluding hydrogens is 224 g/mol. The molecule has 3 aromatic rings. The van der Waals surface area contributed by atoms with Crippen molar-refractivity contribution in [3.63, 3.8) is 0 Å². The van der Waals surface area contributed by atoms with Crippen molar-refractivity contribution in [3.8, 4) is 17.0 Å². The van der Waals surface area contributed by atoms with Gasteiger partial charge in [0.2, 0.25) is 11.2 Å². The van der Waals surface area contributed by atoms with Crippen molar-refractivity contribution >= 4 is 10.9 Å². The fourth-order valence-electron chi connectivity index (χ4n) is 2.38. The van der Waals surface area contributed by atoms with Crippen molar-refractivity contribution in [3.05, 3.63) is 60.7 Å². The Morgan fingerprint density at radius 3 is 2.67 bits per heavy atom. The van der Waals surface area contributed by atoms with Crippen LogP contribution in [0.3, 0.4) is 0 Å². The van der Waals surface area contributed by atoms with Crippen LogP contribution in [0.25, 0.3) is 22.2 Å². The Morgan fingerprint density at radius 2 is 1.67 bits per heavy atom. The molecule has 2 heterocycles. The van der Waals surface area contributed by atoms with E-state index in [1.807, 2.05) is 35.0 Å². The summed E-state index contributed by atoms with van der Waals surface area (Å²) in [5, 5.41) is 1.18. The molecule has 3 heteroatoms. The van der Waals surface area contributed by atoms with Crippen LogP contribution in [0.5, 0.6) is 5.75 Å². The number of para-hydroxylation sites is 2. The highest BCUT2D eigenvalue weighted by molar-refractivity contribution is 5.78. The Bertz CT molecular complexity index is 752. The largest absolute Gasteiger partial charge is 0.333 e. The maximum atomic E-state index is 5.57. The maximum Gasteiger partial charge on any atom is 0.250 e. The molecule has 0 fully saturated rings. The van der Waals surface area contributed by atoms with Crippen molar-refractivity contribution in [1.29, 1.82) is 0 Å². The molecule has 0 unspecified atom stereocenters. The second-order valence-electron chi connectivity index (χ2n) is 4.30. The van der Waals surface area contributed by atoms with E-state index >= 15 is 0 Å². The van der Waals surface area contributed by atoms with Crippen LogP contribution in [0.1, 0.15) is 0 Å². The number of nitrogens with one attached hydrogen (secondary N) is 1. The molecule has 0 amide bonds. The molecule has 0 aliphatic carbocycles. The van der Waals surface area contributed by atoms with Gasteiger partial charge in [0, 0.05) is 17.5 Å². The lowest BCUT2D eigenvalue weighted by atomic mass is 10.1. The highest BCUT2D eigenvalue weighted by Crippen LogP contribution is 2.30. The van der Waals surface area contributed by atoms with E-state index in [0.29, 0.717) is 0 Å². The molecule has 1 N–H and O–H groups in total. The highest BCUT2D eigenvalue weighted by atomic mass is 16.7. The van der Waals surface area contributed by atoms with Crippen LogP contribution < -0.4 is 15.1 Å². The molecule has 0 spiro atoms. The SMILES string of the molecule is c1ccc2c(c1)ON[n+]1c-2ccc2ccccc21. The summed E-state index contributed by atoms with van der Waals surface area (Å²) in [5.41, 5.74) is 6.29. The molecule has 0 atom stereocenters. The van der Waals surface area contributed by atoms with Crippen LogP contribution in [-0.4, -0.2) is 0 Å². The summed E-state index contributed by atoms with van der Waals surface area (Å²) >= 11 is 0. The summed E-state index contributed by atoms with van der Waals surface area (Å²) in [6, 6.07) is 20.5. The number of pyridine rings is 1. The van der Waals surface area contributed by atoms with Gasteiger partial charge in [-0.05, 0) is 34.5 Å². The summed E-state index contributed by atoms with van der Waals surface area (Å²) in [6.45, 7) is 0. The number of nitrogens with zero attached hydrogens (tertiary/aromatic N) is 1. The Kier molecular flexibility index (Phi) is 1.83. The molecule has 86 valence electrons. The minimum atomic E-state index is 0.854. The van der Waals surface area contributed by atoms with Gasteiger partial charge >= 0.3 is 0 Å². The van der Waals surface area contributed by atoms with Gasteiger partial charge < -0.3 is 4.84 Å². The monoisotopic (exact) mass is 235 g/mol. The zero-order chi connectivity index (χ0) is 11.9. The lowest BCUT2D eigenvalue weighted by Gasteiger charge is -2.15. The molecule has 1 aliphatic rings. The number of benzene rings is 2. The number of rotatable bonds is 0. The van der Waals surface area contributed by atoms with Gasteiger partial charge in [0.05, 0.1) is 5.56 Å². The van der Waals surface area contributed by atoms with Crippen LogP contribution in [0.2, 0.25) is 0 Å². The van der Waals surface area contributed by atoms with E-state index in [1.54, 1.807) is 0 Å². The fraction of sp³-hybridized carbons (Fsp3) is 0. The van der Waals surface area contributed by atoms with E-state index in [9.17, 15) is 0 Å². The third kappa shape index (κ3) is 1.21. The lowest BCUT2D eigenvalue weighted by Crippen LogP contribution is -2.51. The third-order valence-electron chi connectivity index (χ3n) is 3.25. The average molecular weight is 235 g/mol. The van der Waals surface area contributed by atoms with Gasteiger partial charge in [-0.2, -0.15) is 0 Å². The lowest BCUT2D eigenvalue weighted by molar-refractivity contribution is -0.640. The van der Waals surface area contributed by atoms with Crippen molar-refractivity contribution in [2.45, 2.75) is 0 Å². The van der Waals surface area contributed by atoms with Crippen molar-refractivity contribution in [1.82, 2.24) is 0 Å². The molecule has 1 aromatic heterocycles. The van der Waals surface area contributed by atoms with Crippen molar-refractivity contribution < 1.29 is 9.51 Å². The Morgan fingerprint density at radius 1 is 0.833 bits per heavy atom. The Labute approximate surface area is 104 Å². The van der Waals surface area contributed by atoms with Crippen LogP contribution in [0, 0.1) is 0 Å². The molecule has 0 saturated heterocycles. The van der Waals surface area contributed by atoms with E-state index < -0.39 is 0 Å². The maximum absolute atomic E-state index is 5.57. The molecule has 0 bridgehead atoms. The molecule has 3 nitrogen and oxygen atoms in total. The molecule has 0 saturated carbocycles. The molecular formula is C15H11N2O+. The number of hydrogen-bond acceptors (Lipinski definition) is 2. The van der Waals surface area contributed by atoms with E-state index in [2.05, 4.69) is 35.9 Å². The molecule has 0 radical (unpaired) electrons. The van der Waals surface area contributed by atoms with Gasteiger partial charge in [-0.15, -0.1) is 0 Å². The molecule has 4 rings (SSSR count). The van der Waals surface area contributed by atoms with Gasteiger partial charge in [0.1, 0.15) is 0 Å². The van der Waals surface area contributed by atoms with E-state index in [4.69, 9.17) is 4.84 Å². The normalized spacial score (nSPS) is 12.2. The number of hydrogen-bond donors (Lipinski definition) is 1. The van der Waals surface area contributed by atoms with Gasteiger partial charge in [-0.25, -0.2) is 0 Å². The predicted molar refractivity (Wildman–Crippen MR) is 69.6 cm³/mol. The van der Waals surface area contributed by atoms with Gasteiger partial charge in [-0.1, -0.05) is 24.3 Å². The Hall–Kier alpha value is -2.55. The summed E-state index contributed by atoms with van der Waals surface area (Å²) in [7, 11) is 0. The zero-order valence-corrected chi connectivity index (χ0v) is 9.63. The average Bonchev–Trinajstić information content (AvgIpc) is 2.46. The third-order valence-corrected chi connectivity index (χ3v) is 3.25. The van der Waals surface area contributed by atoms with Gasteiger partial charge in [0.25, 0.3) is 0 Å². The summed E-state index contributed by atoms with van der Waals surface area (Å²) in [4.78, 5) is 5.57. The van der Waals surface area contributed by atoms with Crippen molar-refractivity contribution in [2.24, 2.45) is 0 Å². The summed E-state index contributed by atoms with van der Waals surface area (Å²) < 4.78 is 1.97. The predicted octanol–water partition coefficient (Wildman–Crippen LogP) is 2.65. The first kappa shape index (κ1) is 9.48. The van der Waals surface area contributed by atoms with Gasteiger partial charge in [-0.3, -0.25) is 0 Å². The molecule has 1 aliphatic heterocycles. The van der Waals surface area contributed by atoms with E-state index in [1.165, 1.54) is 5.39 Å². The van der Waals surface area contributed by atoms with Crippen LogP contribution >= 0.6 is 0 Å². The summed E-state index contributed by atoms with van der Waals surface area (Å²) in [5.74, 6) is 0.854. The zero-order valence-electron chi connectivity index (χ0n) is 9.63. The van der Waals surface area contributed by atoms with Gasteiger partial charge in [0.15, 0.2) is 5.75 Å². The summed E-state index contributed by atoms with van der Waals surface area (Å²) in [6.07, 6.45) is 0. The fourth-order valence-corrected chi connectivity index (χ4v) is 2.38. The topological polar surface area (TPSA) is 25.1 Å². The second kappa shape index (κ2) is 3.47. The number of fused-ring (bicyclic) bond motifs is 5. The first-order valence-electron chi connectivity index (χ1n) is 5.89. The van der Waals surface area contributed by atoms with E-state index in [-0.39, 0.29) is 0 Å². The minimum absolute atomic E-state index is 0.854. The minimum Gasteiger partial charge on any atom is -0.333 e. The molecule has 18 heavy (non-hydrogen) atoms. The van der Waals surface area contributed by atoms with Crippen LogP contribution in [-0.2, 0) is 0 Å². The smallest absolute Gasteiger partial charge is 0.250 e. The highest BCUT2D eigenvalue weighted by Gasteiger charge is 2.25.